The number of hydrogen-bond acceptors (Lipinski definition) is 2. The Hall–Kier alpha value is -0.710. The van der Waals surface area contributed by atoms with Gasteiger partial charge in [0, 0.05) is 16.6 Å². The molecule has 3 N–H and O–H groups in total. The van der Waals surface area contributed by atoms with Crippen LogP contribution in [0.25, 0.3) is 0 Å². The maximum atomic E-state index is 13.2. The fraction of sp³-hybridized carbons (Fsp3) is 0.333. The van der Waals surface area contributed by atoms with Gasteiger partial charge in [-0.05, 0) is 19.1 Å². The highest BCUT2D eigenvalue weighted by atomic mass is 35.5. The van der Waals surface area contributed by atoms with E-state index in [4.69, 9.17) is 17.3 Å². The molecule has 0 radical (unpaired) electrons. The number of aliphatic hydroxyl groups is 1. The van der Waals surface area contributed by atoms with Crippen molar-refractivity contribution >= 4 is 11.6 Å². The van der Waals surface area contributed by atoms with Gasteiger partial charge in [0.15, 0.2) is 11.6 Å². The average molecular weight is 222 g/mol. The molecule has 14 heavy (non-hydrogen) atoms. The molecule has 0 saturated heterocycles. The van der Waals surface area contributed by atoms with Crippen molar-refractivity contribution in [1.29, 1.82) is 0 Å². The summed E-state index contributed by atoms with van der Waals surface area (Å²) in [6, 6.07) is 1.36. The smallest absolute Gasteiger partial charge is 0.166 e. The predicted molar refractivity (Wildman–Crippen MR) is 50.0 cm³/mol. The lowest BCUT2D eigenvalue weighted by molar-refractivity contribution is 0.148. The lowest BCUT2D eigenvalue weighted by Crippen LogP contribution is -2.25. The first-order valence-corrected chi connectivity index (χ1v) is 4.40. The number of halogens is 3. The van der Waals surface area contributed by atoms with Crippen LogP contribution in [0, 0.1) is 11.6 Å². The minimum atomic E-state index is -1.31. The van der Waals surface area contributed by atoms with Crippen LogP contribution in [0.1, 0.15) is 18.6 Å². The van der Waals surface area contributed by atoms with Crippen molar-refractivity contribution < 1.29 is 13.9 Å². The monoisotopic (exact) mass is 221 g/mol. The van der Waals surface area contributed by atoms with E-state index in [9.17, 15) is 13.9 Å². The topological polar surface area (TPSA) is 46.2 Å². The maximum Gasteiger partial charge on any atom is 0.166 e. The van der Waals surface area contributed by atoms with E-state index in [1.165, 1.54) is 13.0 Å². The van der Waals surface area contributed by atoms with Crippen LogP contribution in [0.5, 0.6) is 0 Å². The highest BCUT2D eigenvalue weighted by molar-refractivity contribution is 6.31. The number of nitrogens with two attached hydrogens (primary N) is 1. The summed E-state index contributed by atoms with van der Waals surface area (Å²) in [6.45, 7) is 1.48. The van der Waals surface area contributed by atoms with Gasteiger partial charge in [-0.15, -0.1) is 0 Å². The predicted octanol–water partition coefficient (Wildman–Crippen LogP) is 2.00. The van der Waals surface area contributed by atoms with Gasteiger partial charge in [-0.25, -0.2) is 8.78 Å². The van der Waals surface area contributed by atoms with Gasteiger partial charge in [0.1, 0.15) is 0 Å². The molecule has 0 aliphatic carbocycles. The normalized spacial score (nSPS) is 15.3. The summed E-state index contributed by atoms with van der Waals surface area (Å²) in [4.78, 5) is 0. The van der Waals surface area contributed by atoms with Gasteiger partial charge in [0.2, 0.25) is 0 Å². The Labute approximate surface area is 85.3 Å². The standard InChI is InChI=1S/C9H10ClF2NO/c1-4(13)9(14)7-5(10)2-3-6(11)8(7)12/h2-4,9,14H,13H2,1H3/t4-,9-/m1/s1. The highest BCUT2D eigenvalue weighted by Crippen LogP contribution is 2.28. The van der Waals surface area contributed by atoms with Crippen LogP contribution in [0.2, 0.25) is 5.02 Å². The number of aliphatic hydroxyl groups excluding tert-OH is 1. The third-order valence-corrected chi connectivity index (χ3v) is 2.20. The fourth-order valence-corrected chi connectivity index (χ4v) is 1.33. The first kappa shape index (κ1) is 11.4. The zero-order valence-corrected chi connectivity index (χ0v) is 8.22. The molecule has 78 valence electrons. The Morgan fingerprint density at radius 3 is 2.50 bits per heavy atom. The van der Waals surface area contributed by atoms with E-state index in [0.717, 1.165) is 6.07 Å². The lowest BCUT2D eigenvalue weighted by atomic mass is 10.0. The van der Waals surface area contributed by atoms with Gasteiger partial charge in [0.25, 0.3) is 0 Å². The van der Waals surface area contributed by atoms with Crippen molar-refractivity contribution in [2.24, 2.45) is 5.73 Å². The third-order valence-electron chi connectivity index (χ3n) is 1.87. The van der Waals surface area contributed by atoms with Crippen LogP contribution in [0.15, 0.2) is 12.1 Å². The van der Waals surface area contributed by atoms with Crippen molar-refractivity contribution in [3.8, 4) is 0 Å². The quantitative estimate of drug-likeness (QED) is 0.751. The molecule has 1 rings (SSSR count). The average Bonchev–Trinajstić information content (AvgIpc) is 2.12. The maximum absolute atomic E-state index is 13.2. The van der Waals surface area contributed by atoms with Gasteiger partial charge >= 0.3 is 0 Å². The van der Waals surface area contributed by atoms with Crippen molar-refractivity contribution in [3.05, 3.63) is 34.4 Å². The molecule has 0 aliphatic heterocycles. The Balaban J connectivity index is 3.25. The molecule has 0 bridgehead atoms. The van der Waals surface area contributed by atoms with Crippen LogP contribution in [-0.2, 0) is 0 Å². The molecule has 0 unspecified atom stereocenters. The van der Waals surface area contributed by atoms with Gasteiger partial charge < -0.3 is 10.8 Å². The van der Waals surface area contributed by atoms with E-state index >= 15 is 0 Å². The molecule has 0 fully saturated rings. The van der Waals surface area contributed by atoms with Gasteiger partial charge in [-0.2, -0.15) is 0 Å². The summed E-state index contributed by atoms with van der Waals surface area (Å²) < 4.78 is 26.0. The van der Waals surface area contributed by atoms with Crippen LogP contribution < -0.4 is 5.73 Å². The largest absolute Gasteiger partial charge is 0.387 e. The Bertz CT molecular complexity index is 344. The van der Waals surface area contributed by atoms with Gasteiger partial charge in [-0.1, -0.05) is 11.6 Å². The number of rotatable bonds is 2. The molecule has 1 aromatic rings. The second-order valence-corrected chi connectivity index (χ2v) is 3.47. The highest BCUT2D eigenvalue weighted by Gasteiger charge is 2.22. The Kier molecular flexibility index (Phi) is 3.42. The molecule has 0 saturated carbocycles. The summed E-state index contributed by atoms with van der Waals surface area (Å²) in [6.07, 6.45) is -1.31. The summed E-state index contributed by atoms with van der Waals surface area (Å²) in [5, 5.41) is 9.43. The molecular weight excluding hydrogens is 212 g/mol. The second kappa shape index (κ2) is 4.21. The van der Waals surface area contributed by atoms with Crippen molar-refractivity contribution in [1.82, 2.24) is 0 Å². The lowest BCUT2D eigenvalue weighted by Gasteiger charge is -2.17. The van der Waals surface area contributed by atoms with Crippen LogP contribution in [-0.4, -0.2) is 11.1 Å². The van der Waals surface area contributed by atoms with Crippen molar-refractivity contribution in [2.75, 3.05) is 0 Å². The number of hydrogen-bond donors (Lipinski definition) is 2. The van der Waals surface area contributed by atoms with Crippen LogP contribution in [0.4, 0.5) is 8.78 Å². The minimum absolute atomic E-state index is 0.0336. The molecule has 0 aromatic heterocycles. The van der Waals surface area contributed by atoms with E-state index in [0.29, 0.717) is 0 Å². The summed E-state index contributed by atoms with van der Waals surface area (Å²) in [5.74, 6) is -2.20. The summed E-state index contributed by atoms with van der Waals surface area (Å²) in [5.41, 5.74) is 5.07. The molecule has 0 amide bonds. The molecule has 2 atom stereocenters. The third kappa shape index (κ3) is 2.03. The molecule has 5 heteroatoms. The first-order valence-electron chi connectivity index (χ1n) is 4.02. The summed E-state index contributed by atoms with van der Waals surface area (Å²) in [7, 11) is 0. The Morgan fingerprint density at radius 2 is 2.00 bits per heavy atom. The van der Waals surface area contributed by atoms with E-state index in [1.807, 2.05) is 0 Å². The van der Waals surface area contributed by atoms with Crippen LogP contribution in [0.3, 0.4) is 0 Å². The van der Waals surface area contributed by atoms with E-state index in [1.54, 1.807) is 0 Å². The van der Waals surface area contributed by atoms with Gasteiger partial charge in [0.05, 0.1) is 6.10 Å². The van der Waals surface area contributed by atoms with Crippen molar-refractivity contribution in [3.63, 3.8) is 0 Å². The fourth-order valence-electron chi connectivity index (χ4n) is 1.08. The van der Waals surface area contributed by atoms with E-state index in [2.05, 4.69) is 0 Å². The molecule has 1 aromatic carbocycles. The Morgan fingerprint density at radius 1 is 1.43 bits per heavy atom. The molecule has 0 heterocycles. The SMILES string of the molecule is C[C@@H](N)[C@@H](O)c1c(Cl)ccc(F)c1F. The van der Waals surface area contributed by atoms with E-state index in [-0.39, 0.29) is 10.6 Å². The second-order valence-electron chi connectivity index (χ2n) is 3.06. The zero-order valence-electron chi connectivity index (χ0n) is 7.47. The first-order chi connectivity index (χ1) is 6.45. The van der Waals surface area contributed by atoms with Crippen molar-refractivity contribution in [2.45, 2.75) is 19.1 Å². The molecular formula is C9H10ClF2NO. The van der Waals surface area contributed by atoms with Crippen LogP contribution >= 0.6 is 11.6 Å². The molecule has 0 aliphatic rings. The minimum Gasteiger partial charge on any atom is -0.387 e. The molecule has 2 nitrogen and oxygen atoms in total. The zero-order chi connectivity index (χ0) is 10.9. The van der Waals surface area contributed by atoms with E-state index < -0.39 is 23.8 Å². The molecule has 0 spiro atoms. The van der Waals surface area contributed by atoms with Gasteiger partial charge in [-0.3, -0.25) is 0 Å². The number of benzene rings is 1. The summed E-state index contributed by atoms with van der Waals surface area (Å²) >= 11 is 5.62.